The van der Waals surface area contributed by atoms with Crippen LogP contribution in [0, 0.1) is 13.8 Å². The number of rotatable bonds is 7. The highest BCUT2D eigenvalue weighted by Crippen LogP contribution is 2.22. The molecule has 1 unspecified atom stereocenters. The number of hydrogen-bond acceptors (Lipinski definition) is 3. The van der Waals surface area contributed by atoms with Gasteiger partial charge < -0.3 is 10.4 Å². The fraction of sp³-hybridized carbons (Fsp3) is 0.467. The summed E-state index contributed by atoms with van der Waals surface area (Å²) in [4.78, 5) is 22.6. The number of hydrogen-bond donors (Lipinski definition) is 2. The average Bonchev–Trinajstić information content (AvgIpc) is 2.36. The molecule has 19 heavy (non-hydrogen) atoms. The number of nitrogens with one attached hydrogen (secondary N) is 1. The van der Waals surface area contributed by atoms with Crippen LogP contribution < -0.4 is 5.32 Å². The van der Waals surface area contributed by atoms with Crippen molar-refractivity contribution in [1.29, 1.82) is 0 Å². The summed E-state index contributed by atoms with van der Waals surface area (Å²) in [6.07, 6.45) is 0.715. The van der Waals surface area contributed by atoms with Crippen molar-refractivity contribution >= 4 is 17.4 Å². The molecular formula is C15H21NO3. The molecule has 0 spiro atoms. The predicted octanol–water partition coefficient (Wildman–Crippen LogP) is 2.93. The van der Waals surface area contributed by atoms with Crippen LogP contribution in [0.3, 0.4) is 0 Å². The highest BCUT2D eigenvalue weighted by atomic mass is 16.4. The van der Waals surface area contributed by atoms with Gasteiger partial charge in [-0.1, -0.05) is 25.1 Å². The molecule has 1 rings (SSSR count). The van der Waals surface area contributed by atoms with Crippen LogP contribution in [0.15, 0.2) is 18.2 Å². The molecule has 0 amide bonds. The summed E-state index contributed by atoms with van der Waals surface area (Å²) < 4.78 is 0. The maximum Gasteiger partial charge on any atom is 0.303 e. The molecule has 1 aromatic rings. The van der Waals surface area contributed by atoms with E-state index >= 15 is 0 Å². The number of aliphatic carboxylic acids is 1. The second-order valence-electron chi connectivity index (χ2n) is 4.72. The number of para-hydroxylation sites is 1. The monoisotopic (exact) mass is 263 g/mol. The van der Waals surface area contributed by atoms with Gasteiger partial charge in [0.25, 0.3) is 0 Å². The van der Waals surface area contributed by atoms with Crippen LogP contribution >= 0.6 is 0 Å². The van der Waals surface area contributed by atoms with Crippen LogP contribution in [0.2, 0.25) is 0 Å². The summed E-state index contributed by atoms with van der Waals surface area (Å²) in [5, 5.41) is 12.0. The molecule has 0 bridgehead atoms. The van der Waals surface area contributed by atoms with Gasteiger partial charge in [-0.2, -0.15) is 0 Å². The SMILES string of the molecule is CCC(=O)C(CCC(=O)O)Nc1c(C)cccc1C. The van der Waals surface area contributed by atoms with Crippen molar-refractivity contribution < 1.29 is 14.7 Å². The first-order valence-corrected chi connectivity index (χ1v) is 6.53. The molecule has 1 atom stereocenters. The van der Waals surface area contributed by atoms with Gasteiger partial charge >= 0.3 is 5.97 Å². The molecule has 0 saturated carbocycles. The number of carboxylic acid groups (broad SMARTS) is 1. The maximum atomic E-state index is 11.9. The quantitative estimate of drug-likeness (QED) is 0.793. The highest BCUT2D eigenvalue weighted by Gasteiger charge is 2.19. The van der Waals surface area contributed by atoms with Crippen molar-refractivity contribution in [2.75, 3.05) is 5.32 Å². The Kier molecular flexibility index (Phi) is 5.55. The first-order chi connectivity index (χ1) is 8.95. The lowest BCUT2D eigenvalue weighted by Gasteiger charge is -2.20. The molecule has 0 aliphatic heterocycles. The minimum atomic E-state index is -0.878. The molecule has 0 aliphatic rings. The molecule has 0 radical (unpaired) electrons. The molecular weight excluding hydrogens is 242 g/mol. The number of Topliss-reactive ketones (excluding diaryl/α,β-unsaturated/α-hetero) is 1. The molecule has 0 fully saturated rings. The molecule has 4 nitrogen and oxygen atoms in total. The third kappa shape index (κ3) is 4.39. The van der Waals surface area contributed by atoms with Gasteiger partial charge in [-0.25, -0.2) is 0 Å². The van der Waals surface area contributed by atoms with Gasteiger partial charge in [0, 0.05) is 18.5 Å². The smallest absolute Gasteiger partial charge is 0.303 e. The summed E-state index contributed by atoms with van der Waals surface area (Å²) in [6, 6.07) is 5.48. The molecule has 2 N–H and O–H groups in total. The zero-order chi connectivity index (χ0) is 14.4. The van der Waals surface area contributed by atoms with E-state index in [0.717, 1.165) is 16.8 Å². The van der Waals surface area contributed by atoms with Gasteiger partial charge in [-0.15, -0.1) is 0 Å². The van der Waals surface area contributed by atoms with Gasteiger partial charge in [0.1, 0.15) is 0 Å². The van der Waals surface area contributed by atoms with Gasteiger partial charge in [0.2, 0.25) is 0 Å². The topological polar surface area (TPSA) is 66.4 Å². The molecule has 1 aromatic carbocycles. The molecule has 0 saturated heterocycles. The van der Waals surface area contributed by atoms with E-state index in [0.29, 0.717) is 12.8 Å². The Morgan fingerprint density at radius 1 is 1.26 bits per heavy atom. The lowest BCUT2D eigenvalue weighted by Crippen LogP contribution is -2.30. The number of ketones is 1. The van der Waals surface area contributed by atoms with Crippen LogP contribution in [0.5, 0.6) is 0 Å². The lowest BCUT2D eigenvalue weighted by molar-refractivity contribution is -0.137. The zero-order valence-electron chi connectivity index (χ0n) is 11.7. The van der Waals surface area contributed by atoms with Crippen LogP contribution in [-0.4, -0.2) is 22.9 Å². The van der Waals surface area contributed by atoms with E-state index in [9.17, 15) is 9.59 Å². The van der Waals surface area contributed by atoms with Crippen molar-refractivity contribution in [3.05, 3.63) is 29.3 Å². The van der Waals surface area contributed by atoms with E-state index in [2.05, 4.69) is 5.32 Å². The Hall–Kier alpha value is -1.84. The summed E-state index contributed by atoms with van der Waals surface area (Å²) in [5.41, 5.74) is 3.05. The third-order valence-electron chi connectivity index (χ3n) is 3.18. The van der Waals surface area contributed by atoms with Gasteiger partial charge in [0.15, 0.2) is 5.78 Å². The normalized spacial score (nSPS) is 11.9. The molecule has 104 valence electrons. The van der Waals surface area contributed by atoms with E-state index in [-0.39, 0.29) is 12.2 Å². The Labute approximate surface area is 113 Å². The van der Waals surface area contributed by atoms with Crippen molar-refractivity contribution in [1.82, 2.24) is 0 Å². The van der Waals surface area contributed by atoms with E-state index in [1.54, 1.807) is 6.92 Å². The van der Waals surface area contributed by atoms with E-state index in [4.69, 9.17) is 5.11 Å². The van der Waals surface area contributed by atoms with Crippen molar-refractivity contribution in [3.8, 4) is 0 Å². The number of benzene rings is 1. The second kappa shape index (κ2) is 6.92. The lowest BCUT2D eigenvalue weighted by atomic mass is 10.0. The van der Waals surface area contributed by atoms with Crippen molar-refractivity contribution in [3.63, 3.8) is 0 Å². The van der Waals surface area contributed by atoms with Gasteiger partial charge in [-0.3, -0.25) is 9.59 Å². The van der Waals surface area contributed by atoms with E-state index < -0.39 is 12.0 Å². The number of carbonyl (C=O) groups is 2. The Morgan fingerprint density at radius 3 is 2.32 bits per heavy atom. The Bertz CT molecular complexity index is 448. The van der Waals surface area contributed by atoms with Crippen LogP contribution in [0.4, 0.5) is 5.69 Å². The van der Waals surface area contributed by atoms with Gasteiger partial charge in [0.05, 0.1) is 6.04 Å². The molecule has 4 heteroatoms. The molecule has 0 aromatic heterocycles. The minimum Gasteiger partial charge on any atom is -0.481 e. The summed E-state index contributed by atoms with van der Waals surface area (Å²) in [6.45, 7) is 5.74. The van der Waals surface area contributed by atoms with Crippen LogP contribution in [0.1, 0.15) is 37.3 Å². The zero-order valence-corrected chi connectivity index (χ0v) is 11.7. The number of aryl methyl sites for hydroxylation is 2. The largest absolute Gasteiger partial charge is 0.481 e. The fourth-order valence-electron chi connectivity index (χ4n) is 2.04. The first-order valence-electron chi connectivity index (χ1n) is 6.53. The maximum absolute atomic E-state index is 11.9. The van der Waals surface area contributed by atoms with Crippen molar-refractivity contribution in [2.45, 2.75) is 46.1 Å². The summed E-state index contributed by atoms with van der Waals surface area (Å²) in [7, 11) is 0. The average molecular weight is 263 g/mol. The summed E-state index contributed by atoms with van der Waals surface area (Å²) >= 11 is 0. The molecule has 0 heterocycles. The standard InChI is InChI=1S/C15H21NO3/c1-4-13(17)12(8-9-14(18)19)16-15-10(2)6-5-7-11(15)3/h5-7,12,16H,4,8-9H2,1-3H3,(H,18,19). The van der Waals surface area contributed by atoms with E-state index in [1.807, 2.05) is 32.0 Å². The molecule has 0 aliphatic carbocycles. The minimum absolute atomic E-state index is 0.00562. The second-order valence-corrected chi connectivity index (χ2v) is 4.72. The predicted molar refractivity (Wildman–Crippen MR) is 75.5 cm³/mol. The number of anilines is 1. The van der Waals surface area contributed by atoms with Gasteiger partial charge in [-0.05, 0) is 31.4 Å². The first kappa shape index (κ1) is 15.2. The Balaban J connectivity index is 2.87. The number of carbonyl (C=O) groups excluding carboxylic acids is 1. The van der Waals surface area contributed by atoms with E-state index in [1.165, 1.54) is 0 Å². The Morgan fingerprint density at radius 2 is 1.84 bits per heavy atom. The van der Waals surface area contributed by atoms with Crippen LogP contribution in [0.25, 0.3) is 0 Å². The summed E-state index contributed by atoms with van der Waals surface area (Å²) in [5.74, 6) is -0.832. The fourth-order valence-corrected chi connectivity index (χ4v) is 2.04. The van der Waals surface area contributed by atoms with Crippen molar-refractivity contribution in [2.24, 2.45) is 0 Å². The van der Waals surface area contributed by atoms with Crippen LogP contribution in [-0.2, 0) is 9.59 Å². The third-order valence-corrected chi connectivity index (χ3v) is 3.18. The highest BCUT2D eigenvalue weighted by molar-refractivity contribution is 5.87. The number of carboxylic acids is 1.